The topological polar surface area (TPSA) is 9.86 Å². The standard InChI is InChI=1S/C48H36N2/c1-48(2,3)42-28-35(24-26-36(42)31-14-6-4-7-15-31)50-44-30-41-45(29-40(44)39-25-22-33-17-11-13-21-38(33)47(39)50)49(34-18-8-5-9-19-34)43-27-23-32-16-10-12-20-37(32)46(41)43/h4-30H,1-3H3. The molecule has 0 saturated carbocycles. The lowest BCUT2D eigenvalue weighted by atomic mass is 9.81. The second-order valence-electron chi connectivity index (χ2n) is 14.6. The lowest BCUT2D eigenvalue weighted by molar-refractivity contribution is 0.591. The Morgan fingerprint density at radius 1 is 0.400 bits per heavy atom. The summed E-state index contributed by atoms with van der Waals surface area (Å²) in [5.74, 6) is 0. The van der Waals surface area contributed by atoms with Gasteiger partial charge in [0.2, 0.25) is 0 Å². The van der Waals surface area contributed by atoms with E-state index in [4.69, 9.17) is 0 Å². The van der Waals surface area contributed by atoms with Gasteiger partial charge in [-0.3, -0.25) is 0 Å². The minimum absolute atomic E-state index is 0.0582. The molecule has 0 saturated heterocycles. The van der Waals surface area contributed by atoms with Crippen LogP contribution in [-0.4, -0.2) is 9.13 Å². The molecule has 0 atom stereocenters. The van der Waals surface area contributed by atoms with E-state index in [2.05, 4.69) is 194 Å². The van der Waals surface area contributed by atoms with Crippen molar-refractivity contribution >= 4 is 65.2 Å². The van der Waals surface area contributed by atoms with E-state index in [0.717, 1.165) is 0 Å². The maximum atomic E-state index is 2.53. The first-order valence-electron chi connectivity index (χ1n) is 17.5. The summed E-state index contributed by atoms with van der Waals surface area (Å²) in [6.45, 7) is 6.98. The van der Waals surface area contributed by atoms with Crippen molar-refractivity contribution in [2.75, 3.05) is 0 Å². The molecule has 10 rings (SSSR count). The molecule has 238 valence electrons. The van der Waals surface area contributed by atoms with E-state index >= 15 is 0 Å². The third-order valence-electron chi connectivity index (χ3n) is 10.6. The SMILES string of the molecule is CC(C)(C)c1cc(-n2c3cc4c5c6ccccc6ccc5n(-c5ccccc5)c4cc3c3ccc4ccccc4c32)ccc1-c1ccccc1. The molecule has 50 heavy (non-hydrogen) atoms. The van der Waals surface area contributed by atoms with Crippen molar-refractivity contribution in [2.24, 2.45) is 0 Å². The van der Waals surface area contributed by atoms with E-state index in [1.807, 2.05) is 0 Å². The number of fused-ring (bicyclic) bond motifs is 10. The summed E-state index contributed by atoms with van der Waals surface area (Å²) >= 11 is 0. The van der Waals surface area contributed by atoms with Crippen LogP contribution in [0.15, 0.2) is 164 Å². The van der Waals surface area contributed by atoms with Crippen molar-refractivity contribution in [2.45, 2.75) is 26.2 Å². The van der Waals surface area contributed by atoms with Crippen LogP contribution in [0, 0.1) is 0 Å². The summed E-state index contributed by atoms with van der Waals surface area (Å²) in [5, 5.41) is 10.1. The predicted molar refractivity (Wildman–Crippen MR) is 214 cm³/mol. The van der Waals surface area contributed by atoms with Crippen LogP contribution in [0.2, 0.25) is 0 Å². The molecular weight excluding hydrogens is 605 g/mol. The second kappa shape index (κ2) is 10.7. The summed E-state index contributed by atoms with van der Waals surface area (Å²) < 4.78 is 4.99. The van der Waals surface area contributed by atoms with Gasteiger partial charge in [-0.05, 0) is 80.7 Å². The molecule has 0 aliphatic rings. The molecule has 0 amide bonds. The van der Waals surface area contributed by atoms with E-state index in [9.17, 15) is 0 Å². The molecule has 10 aromatic rings. The monoisotopic (exact) mass is 640 g/mol. The van der Waals surface area contributed by atoms with E-state index in [-0.39, 0.29) is 5.41 Å². The lowest BCUT2D eigenvalue weighted by Crippen LogP contribution is -2.13. The number of aromatic nitrogens is 2. The van der Waals surface area contributed by atoms with E-state index in [0.29, 0.717) is 0 Å². The van der Waals surface area contributed by atoms with Gasteiger partial charge in [-0.25, -0.2) is 0 Å². The Morgan fingerprint density at radius 2 is 1.02 bits per heavy atom. The van der Waals surface area contributed by atoms with Gasteiger partial charge in [-0.1, -0.05) is 142 Å². The molecule has 8 aromatic carbocycles. The normalized spacial score (nSPS) is 12.3. The van der Waals surface area contributed by atoms with E-state index < -0.39 is 0 Å². The van der Waals surface area contributed by atoms with Crippen LogP contribution in [-0.2, 0) is 5.41 Å². The smallest absolute Gasteiger partial charge is 0.0619 e. The van der Waals surface area contributed by atoms with Gasteiger partial charge >= 0.3 is 0 Å². The zero-order valence-corrected chi connectivity index (χ0v) is 28.5. The zero-order valence-electron chi connectivity index (χ0n) is 28.5. The third kappa shape index (κ3) is 4.21. The van der Waals surface area contributed by atoms with Crippen molar-refractivity contribution in [1.82, 2.24) is 9.13 Å². The van der Waals surface area contributed by atoms with Crippen LogP contribution >= 0.6 is 0 Å². The Hall–Kier alpha value is -6.12. The van der Waals surface area contributed by atoms with Crippen molar-refractivity contribution in [3.63, 3.8) is 0 Å². The Morgan fingerprint density at radius 3 is 1.78 bits per heavy atom. The molecular formula is C48H36N2. The Bertz CT molecular complexity index is 2940. The molecule has 0 aliphatic heterocycles. The average Bonchev–Trinajstić information content (AvgIpc) is 3.66. The van der Waals surface area contributed by atoms with Crippen molar-refractivity contribution in [3.8, 4) is 22.5 Å². The van der Waals surface area contributed by atoms with E-state index in [1.165, 1.54) is 93.2 Å². The number of benzene rings is 8. The highest BCUT2D eigenvalue weighted by Gasteiger charge is 2.24. The Labute approximate surface area is 291 Å². The number of para-hydroxylation sites is 1. The minimum Gasteiger partial charge on any atom is -0.309 e. The van der Waals surface area contributed by atoms with Gasteiger partial charge in [-0.2, -0.15) is 0 Å². The first-order valence-corrected chi connectivity index (χ1v) is 17.5. The molecule has 0 spiro atoms. The van der Waals surface area contributed by atoms with Crippen molar-refractivity contribution < 1.29 is 0 Å². The van der Waals surface area contributed by atoms with Gasteiger partial charge in [0, 0.05) is 38.3 Å². The van der Waals surface area contributed by atoms with E-state index in [1.54, 1.807) is 0 Å². The molecule has 0 aliphatic carbocycles. The van der Waals surface area contributed by atoms with Crippen LogP contribution < -0.4 is 0 Å². The van der Waals surface area contributed by atoms with Crippen molar-refractivity contribution in [1.29, 1.82) is 0 Å². The lowest BCUT2D eigenvalue weighted by Gasteiger charge is -2.25. The highest BCUT2D eigenvalue weighted by Crippen LogP contribution is 2.44. The molecule has 2 heterocycles. The molecule has 0 N–H and O–H groups in total. The highest BCUT2D eigenvalue weighted by molar-refractivity contribution is 6.26. The predicted octanol–water partition coefficient (Wildman–Crippen LogP) is 13.2. The van der Waals surface area contributed by atoms with Crippen LogP contribution in [0.4, 0.5) is 0 Å². The minimum atomic E-state index is -0.0582. The molecule has 0 bridgehead atoms. The quantitative estimate of drug-likeness (QED) is 0.182. The van der Waals surface area contributed by atoms with Crippen LogP contribution in [0.1, 0.15) is 26.3 Å². The zero-order chi connectivity index (χ0) is 33.6. The fourth-order valence-electron chi connectivity index (χ4n) is 8.34. The first-order chi connectivity index (χ1) is 24.5. The maximum absolute atomic E-state index is 2.53. The van der Waals surface area contributed by atoms with Crippen LogP contribution in [0.25, 0.3) is 87.7 Å². The van der Waals surface area contributed by atoms with Crippen molar-refractivity contribution in [3.05, 3.63) is 169 Å². The molecule has 2 aromatic heterocycles. The third-order valence-corrected chi connectivity index (χ3v) is 10.6. The summed E-state index contributed by atoms with van der Waals surface area (Å²) in [6, 6.07) is 60.4. The number of hydrogen-bond acceptors (Lipinski definition) is 0. The van der Waals surface area contributed by atoms with Gasteiger partial charge in [-0.15, -0.1) is 0 Å². The Kier molecular flexibility index (Phi) is 6.17. The number of rotatable bonds is 3. The molecule has 0 radical (unpaired) electrons. The largest absolute Gasteiger partial charge is 0.309 e. The van der Waals surface area contributed by atoms with Gasteiger partial charge in [0.1, 0.15) is 0 Å². The van der Waals surface area contributed by atoms with Gasteiger partial charge < -0.3 is 9.13 Å². The maximum Gasteiger partial charge on any atom is 0.0619 e. The molecule has 0 unspecified atom stereocenters. The fourth-order valence-corrected chi connectivity index (χ4v) is 8.34. The van der Waals surface area contributed by atoms with Crippen LogP contribution in [0.5, 0.6) is 0 Å². The number of hydrogen-bond donors (Lipinski definition) is 0. The fraction of sp³-hybridized carbons (Fsp3) is 0.0833. The Balaban J connectivity index is 1.39. The summed E-state index contributed by atoms with van der Waals surface area (Å²) in [6.07, 6.45) is 0. The first kappa shape index (κ1) is 28.9. The molecule has 2 heteroatoms. The van der Waals surface area contributed by atoms with Gasteiger partial charge in [0.15, 0.2) is 0 Å². The van der Waals surface area contributed by atoms with Crippen LogP contribution in [0.3, 0.4) is 0 Å². The summed E-state index contributed by atoms with van der Waals surface area (Å²) in [4.78, 5) is 0. The average molecular weight is 641 g/mol. The second-order valence-corrected chi connectivity index (χ2v) is 14.6. The molecule has 0 fully saturated rings. The van der Waals surface area contributed by atoms with Gasteiger partial charge in [0.05, 0.1) is 22.1 Å². The summed E-state index contributed by atoms with van der Waals surface area (Å²) in [7, 11) is 0. The molecule has 2 nitrogen and oxygen atoms in total. The number of nitrogens with zero attached hydrogens (tertiary/aromatic N) is 2. The van der Waals surface area contributed by atoms with Gasteiger partial charge in [0.25, 0.3) is 0 Å². The highest BCUT2D eigenvalue weighted by atomic mass is 15.0. The summed E-state index contributed by atoms with van der Waals surface area (Å²) in [5.41, 5.74) is 11.1.